The van der Waals surface area contributed by atoms with Crippen LogP contribution in [0, 0.1) is 17.5 Å². The standard InChI is InChI=1S/C16H15F3N2O/c1-2-21(11-6-4-3-5-7-11)10-14(22)20-13-9-8-12(17)15(18)16(13)19/h3-9H,2,10H2,1H3,(H,20,22). The molecule has 0 aliphatic carbocycles. The molecule has 0 bridgehead atoms. The molecule has 0 aromatic heterocycles. The first kappa shape index (κ1) is 15.9. The van der Waals surface area contributed by atoms with E-state index >= 15 is 0 Å². The van der Waals surface area contributed by atoms with E-state index in [1.807, 2.05) is 37.3 Å². The Labute approximate surface area is 126 Å². The van der Waals surface area contributed by atoms with Crippen molar-refractivity contribution in [1.29, 1.82) is 0 Å². The van der Waals surface area contributed by atoms with Gasteiger partial charge < -0.3 is 10.2 Å². The van der Waals surface area contributed by atoms with Gasteiger partial charge in [0.05, 0.1) is 12.2 Å². The molecule has 3 nitrogen and oxygen atoms in total. The molecule has 0 radical (unpaired) electrons. The summed E-state index contributed by atoms with van der Waals surface area (Å²) in [6.45, 7) is 2.41. The van der Waals surface area contributed by atoms with Crippen LogP contribution in [0.4, 0.5) is 24.5 Å². The van der Waals surface area contributed by atoms with Gasteiger partial charge in [-0.1, -0.05) is 18.2 Å². The van der Waals surface area contributed by atoms with Gasteiger partial charge in [0.15, 0.2) is 17.5 Å². The summed E-state index contributed by atoms with van der Waals surface area (Å²) in [7, 11) is 0. The molecule has 6 heteroatoms. The zero-order chi connectivity index (χ0) is 16.1. The number of amides is 1. The monoisotopic (exact) mass is 308 g/mol. The maximum absolute atomic E-state index is 13.5. The predicted molar refractivity (Wildman–Crippen MR) is 79.3 cm³/mol. The number of nitrogens with one attached hydrogen (secondary N) is 1. The Morgan fingerprint density at radius 3 is 2.36 bits per heavy atom. The van der Waals surface area contributed by atoms with Gasteiger partial charge in [-0.3, -0.25) is 4.79 Å². The van der Waals surface area contributed by atoms with Crippen molar-refractivity contribution in [3.63, 3.8) is 0 Å². The minimum Gasteiger partial charge on any atom is -0.362 e. The molecule has 0 fully saturated rings. The van der Waals surface area contributed by atoms with Crippen molar-refractivity contribution in [3.05, 3.63) is 59.9 Å². The lowest BCUT2D eigenvalue weighted by atomic mass is 10.2. The Balaban J connectivity index is 2.08. The molecule has 0 saturated carbocycles. The Bertz CT molecular complexity index is 662. The molecule has 2 rings (SSSR count). The Kier molecular flexibility index (Phi) is 5.04. The lowest BCUT2D eigenvalue weighted by molar-refractivity contribution is -0.115. The predicted octanol–water partition coefficient (Wildman–Crippen LogP) is 3.57. The summed E-state index contributed by atoms with van der Waals surface area (Å²) >= 11 is 0. The fourth-order valence-corrected chi connectivity index (χ4v) is 2.01. The normalized spacial score (nSPS) is 10.4. The number of carbonyl (C=O) groups excluding carboxylic acids is 1. The first-order valence-corrected chi connectivity index (χ1v) is 6.76. The van der Waals surface area contributed by atoms with Gasteiger partial charge in [0, 0.05) is 12.2 Å². The van der Waals surface area contributed by atoms with E-state index in [1.54, 1.807) is 4.90 Å². The van der Waals surface area contributed by atoms with Crippen molar-refractivity contribution in [1.82, 2.24) is 0 Å². The second-order valence-electron chi connectivity index (χ2n) is 4.62. The van der Waals surface area contributed by atoms with E-state index in [-0.39, 0.29) is 12.2 Å². The maximum Gasteiger partial charge on any atom is 0.243 e. The molecule has 116 valence electrons. The topological polar surface area (TPSA) is 32.3 Å². The SMILES string of the molecule is CCN(CC(=O)Nc1ccc(F)c(F)c1F)c1ccccc1. The highest BCUT2D eigenvalue weighted by atomic mass is 19.2. The average Bonchev–Trinajstić information content (AvgIpc) is 2.54. The summed E-state index contributed by atoms with van der Waals surface area (Å²) in [6.07, 6.45) is 0. The first-order valence-electron chi connectivity index (χ1n) is 6.76. The lowest BCUT2D eigenvalue weighted by Crippen LogP contribution is -2.33. The molecule has 0 atom stereocenters. The van der Waals surface area contributed by atoms with Gasteiger partial charge in [-0.2, -0.15) is 0 Å². The second-order valence-corrected chi connectivity index (χ2v) is 4.62. The zero-order valence-electron chi connectivity index (χ0n) is 11.9. The fraction of sp³-hybridized carbons (Fsp3) is 0.188. The quantitative estimate of drug-likeness (QED) is 0.857. The number of likely N-dealkylation sites (N-methyl/N-ethyl adjacent to an activating group) is 1. The van der Waals surface area contributed by atoms with E-state index in [0.29, 0.717) is 6.54 Å². The third-order valence-electron chi connectivity index (χ3n) is 3.15. The van der Waals surface area contributed by atoms with E-state index in [2.05, 4.69) is 5.32 Å². The van der Waals surface area contributed by atoms with Gasteiger partial charge in [0.2, 0.25) is 5.91 Å². The van der Waals surface area contributed by atoms with Crippen LogP contribution in [0.15, 0.2) is 42.5 Å². The van der Waals surface area contributed by atoms with Crippen molar-refractivity contribution in [2.24, 2.45) is 0 Å². The minimum absolute atomic E-state index is 0.0288. The number of rotatable bonds is 5. The molecule has 2 aromatic rings. The highest BCUT2D eigenvalue weighted by molar-refractivity contribution is 5.94. The van der Waals surface area contributed by atoms with Gasteiger partial charge in [0.25, 0.3) is 0 Å². The number of benzene rings is 2. The fourth-order valence-electron chi connectivity index (χ4n) is 2.01. The highest BCUT2D eigenvalue weighted by Crippen LogP contribution is 2.20. The Morgan fingerprint density at radius 1 is 1.05 bits per heavy atom. The summed E-state index contributed by atoms with van der Waals surface area (Å²) in [4.78, 5) is 13.7. The molecular weight excluding hydrogens is 293 g/mol. The van der Waals surface area contributed by atoms with E-state index in [0.717, 1.165) is 17.8 Å². The van der Waals surface area contributed by atoms with E-state index in [4.69, 9.17) is 0 Å². The molecule has 0 heterocycles. The average molecular weight is 308 g/mol. The Morgan fingerprint density at radius 2 is 1.73 bits per heavy atom. The summed E-state index contributed by atoms with van der Waals surface area (Å²) in [5, 5.41) is 2.25. The molecule has 1 N–H and O–H groups in total. The van der Waals surface area contributed by atoms with Gasteiger partial charge >= 0.3 is 0 Å². The number of carbonyl (C=O) groups is 1. The van der Waals surface area contributed by atoms with Crippen LogP contribution >= 0.6 is 0 Å². The van der Waals surface area contributed by atoms with Crippen molar-refractivity contribution >= 4 is 17.3 Å². The molecular formula is C16H15F3N2O. The molecule has 0 aliphatic heterocycles. The van der Waals surface area contributed by atoms with Crippen molar-refractivity contribution in [2.75, 3.05) is 23.3 Å². The number of halogens is 3. The van der Waals surface area contributed by atoms with Crippen LogP contribution in [0.2, 0.25) is 0 Å². The zero-order valence-corrected chi connectivity index (χ0v) is 11.9. The number of hydrogen-bond acceptors (Lipinski definition) is 2. The number of nitrogens with zero attached hydrogens (tertiary/aromatic N) is 1. The largest absolute Gasteiger partial charge is 0.362 e. The van der Waals surface area contributed by atoms with Crippen molar-refractivity contribution < 1.29 is 18.0 Å². The molecule has 1 amide bonds. The molecule has 0 unspecified atom stereocenters. The summed E-state index contributed by atoms with van der Waals surface area (Å²) < 4.78 is 39.5. The van der Waals surface area contributed by atoms with Crippen LogP contribution in [0.3, 0.4) is 0 Å². The highest BCUT2D eigenvalue weighted by Gasteiger charge is 2.16. The lowest BCUT2D eigenvalue weighted by Gasteiger charge is -2.22. The van der Waals surface area contributed by atoms with E-state index in [9.17, 15) is 18.0 Å². The summed E-state index contributed by atoms with van der Waals surface area (Å²) in [5.41, 5.74) is 0.457. The van der Waals surface area contributed by atoms with Crippen molar-refractivity contribution in [2.45, 2.75) is 6.92 Å². The first-order chi connectivity index (χ1) is 10.5. The maximum atomic E-state index is 13.5. The van der Waals surface area contributed by atoms with Crippen LogP contribution in [0.25, 0.3) is 0 Å². The van der Waals surface area contributed by atoms with Gasteiger partial charge in [-0.15, -0.1) is 0 Å². The number of anilines is 2. The summed E-state index contributed by atoms with van der Waals surface area (Å²) in [5.74, 6) is -4.82. The van der Waals surface area contributed by atoms with E-state index < -0.39 is 23.4 Å². The van der Waals surface area contributed by atoms with E-state index in [1.165, 1.54) is 0 Å². The van der Waals surface area contributed by atoms with Crippen LogP contribution in [-0.2, 0) is 4.79 Å². The number of hydrogen-bond donors (Lipinski definition) is 1. The molecule has 0 saturated heterocycles. The van der Waals surface area contributed by atoms with Crippen molar-refractivity contribution in [3.8, 4) is 0 Å². The van der Waals surface area contributed by atoms with Crippen LogP contribution in [0.1, 0.15) is 6.92 Å². The molecule has 22 heavy (non-hydrogen) atoms. The second kappa shape index (κ2) is 6.98. The van der Waals surface area contributed by atoms with Crippen LogP contribution in [-0.4, -0.2) is 19.0 Å². The third-order valence-corrected chi connectivity index (χ3v) is 3.15. The molecule has 0 spiro atoms. The Hall–Kier alpha value is -2.50. The third kappa shape index (κ3) is 3.58. The van der Waals surface area contributed by atoms with Gasteiger partial charge in [-0.05, 0) is 31.2 Å². The molecule has 0 aliphatic rings. The van der Waals surface area contributed by atoms with Crippen LogP contribution < -0.4 is 10.2 Å². The van der Waals surface area contributed by atoms with Crippen LogP contribution in [0.5, 0.6) is 0 Å². The van der Waals surface area contributed by atoms with Gasteiger partial charge in [0.1, 0.15) is 0 Å². The smallest absolute Gasteiger partial charge is 0.243 e. The number of para-hydroxylation sites is 1. The van der Waals surface area contributed by atoms with Gasteiger partial charge in [-0.25, -0.2) is 13.2 Å². The summed E-state index contributed by atoms with van der Waals surface area (Å²) in [6, 6.07) is 11.0. The minimum atomic E-state index is -1.60. The molecule has 2 aromatic carbocycles.